The summed E-state index contributed by atoms with van der Waals surface area (Å²) in [7, 11) is 0. The fraction of sp³-hybridized carbons (Fsp3) is 0.941. The standard InChI is InChI=1S/C17H34N2O/c1-2-3-4-5-6-7-8-9-10-13-17(20)19-16-12-11-14-18-15-16/h16,18H,2-15H2,1H3,(H,19,20)/t16-/m1/s1. The largest absolute Gasteiger partial charge is 0.352 e. The zero-order chi connectivity index (χ0) is 14.5. The van der Waals surface area contributed by atoms with Crippen LogP contribution in [0, 0.1) is 0 Å². The van der Waals surface area contributed by atoms with Gasteiger partial charge in [0.25, 0.3) is 0 Å². The van der Waals surface area contributed by atoms with Gasteiger partial charge in [-0.05, 0) is 25.8 Å². The zero-order valence-corrected chi connectivity index (χ0v) is 13.4. The van der Waals surface area contributed by atoms with Gasteiger partial charge in [0.15, 0.2) is 0 Å². The fourth-order valence-corrected chi connectivity index (χ4v) is 2.87. The van der Waals surface area contributed by atoms with E-state index < -0.39 is 0 Å². The minimum Gasteiger partial charge on any atom is -0.352 e. The molecule has 0 aromatic carbocycles. The highest BCUT2D eigenvalue weighted by molar-refractivity contribution is 5.76. The maximum Gasteiger partial charge on any atom is 0.220 e. The van der Waals surface area contributed by atoms with Gasteiger partial charge < -0.3 is 10.6 Å². The smallest absolute Gasteiger partial charge is 0.220 e. The minimum absolute atomic E-state index is 0.252. The highest BCUT2D eigenvalue weighted by Crippen LogP contribution is 2.10. The van der Waals surface area contributed by atoms with E-state index in [0.717, 1.165) is 25.9 Å². The van der Waals surface area contributed by atoms with E-state index in [9.17, 15) is 4.79 Å². The van der Waals surface area contributed by atoms with Crippen molar-refractivity contribution >= 4 is 5.91 Å². The molecule has 2 N–H and O–H groups in total. The number of nitrogens with one attached hydrogen (secondary N) is 2. The van der Waals surface area contributed by atoms with Crippen molar-refractivity contribution in [1.29, 1.82) is 0 Å². The van der Waals surface area contributed by atoms with E-state index in [4.69, 9.17) is 0 Å². The van der Waals surface area contributed by atoms with Gasteiger partial charge in [-0.1, -0.05) is 58.3 Å². The average molecular weight is 282 g/mol. The molecule has 0 unspecified atom stereocenters. The monoisotopic (exact) mass is 282 g/mol. The summed E-state index contributed by atoms with van der Waals surface area (Å²) in [6.07, 6.45) is 14.8. The van der Waals surface area contributed by atoms with Gasteiger partial charge in [0.05, 0.1) is 0 Å². The predicted molar refractivity (Wildman–Crippen MR) is 85.9 cm³/mol. The summed E-state index contributed by atoms with van der Waals surface area (Å²) in [6.45, 7) is 4.31. The Hall–Kier alpha value is -0.570. The summed E-state index contributed by atoms with van der Waals surface area (Å²) < 4.78 is 0. The van der Waals surface area contributed by atoms with Gasteiger partial charge in [0.2, 0.25) is 5.91 Å². The first-order chi connectivity index (χ1) is 9.83. The molecule has 0 saturated carbocycles. The van der Waals surface area contributed by atoms with E-state index in [2.05, 4.69) is 17.6 Å². The van der Waals surface area contributed by atoms with Crippen molar-refractivity contribution in [2.45, 2.75) is 90.0 Å². The molecule has 3 nitrogen and oxygen atoms in total. The molecule has 1 aliphatic heterocycles. The number of hydrogen-bond acceptors (Lipinski definition) is 2. The molecule has 0 aliphatic carbocycles. The lowest BCUT2D eigenvalue weighted by atomic mass is 10.1. The molecule has 0 aromatic heterocycles. The van der Waals surface area contributed by atoms with Gasteiger partial charge in [-0.2, -0.15) is 0 Å². The SMILES string of the molecule is CCCCCCCCCCCC(=O)N[C@@H]1CCCNC1. The number of rotatable bonds is 11. The van der Waals surface area contributed by atoms with Crippen LogP contribution >= 0.6 is 0 Å². The molecule has 1 aliphatic rings. The predicted octanol–water partition coefficient (Wildman–Crippen LogP) is 3.78. The Kier molecular flexibility index (Phi) is 10.7. The van der Waals surface area contributed by atoms with Crippen LogP contribution in [0.25, 0.3) is 0 Å². The Bertz CT molecular complexity index is 237. The second kappa shape index (κ2) is 12.2. The topological polar surface area (TPSA) is 41.1 Å². The third-order valence-corrected chi connectivity index (χ3v) is 4.17. The van der Waals surface area contributed by atoms with Crippen LogP contribution in [0.4, 0.5) is 0 Å². The number of carbonyl (C=O) groups excluding carboxylic acids is 1. The van der Waals surface area contributed by atoms with Crippen molar-refractivity contribution in [2.75, 3.05) is 13.1 Å². The van der Waals surface area contributed by atoms with E-state index in [0.29, 0.717) is 12.5 Å². The summed E-state index contributed by atoms with van der Waals surface area (Å²) in [4.78, 5) is 11.8. The molecule has 1 saturated heterocycles. The molecule has 1 fully saturated rings. The maximum absolute atomic E-state index is 11.8. The minimum atomic E-state index is 0.252. The van der Waals surface area contributed by atoms with Crippen LogP contribution in [0.15, 0.2) is 0 Å². The lowest BCUT2D eigenvalue weighted by Crippen LogP contribution is -2.45. The van der Waals surface area contributed by atoms with Crippen LogP contribution in [0.2, 0.25) is 0 Å². The number of hydrogen-bond donors (Lipinski definition) is 2. The number of piperidine rings is 1. The first-order valence-electron chi connectivity index (χ1n) is 8.83. The molecule has 1 atom stereocenters. The second-order valence-electron chi connectivity index (χ2n) is 6.19. The van der Waals surface area contributed by atoms with E-state index in [1.54, 1.807) is 0 Å². The summed E-state index contributed by atoms with van der Waals surface area (Å²) >= 11 is 0. The number of amides is 1. The van der Waals surface area contributed by atoms with Crippen LogP contribution in [-0.4, -0.2) is 25.0 Å². The lowest BCUT2D eigenvalue weighted by Gasteiger charge is -2.23. The zero-order valence-electron chi connectivity index (χ0n) is 13.4. The third kappa shape index (κ3) is 9.35. The molecular formula is C17H34N2O. The molecule has 1 heterocycles. The van der Waals surface area contributed by atoms with Crippen LogP contribution < -0.4 is 10.6 Å². The second-order valence-corrected chi connectivity index (χ2v) is 6.19. The van der Waals surface area contributed by atoms with Crippen molar-refractivity contribution in [1.82, 2.24) is 10.6 Å². The van der Waals surface area contributed by atoms with Crippen molar-refractivity contribution < 1.29 is 4.79 Å². The molecule has 0 bridgehead atoms. The molecule has 20 heavy (non-hydrogen) atoms. The van der Waals surface area contributed by atoms with Crippen molar-refractivity contribution in [2.24, 2.45) is 0 Å². The number of carbonyl (C=O) groups is 1. The van der Waals surface area contributed by atoms with Crippen molar-refractivity contribution in [3.63, 3.8) is 0 Å². The summed E-state index contributed by atoms with van der Waals surface area (Å²) in [5.41, 5.74) is 0. The summed E-state index contributed by atoms with van der Waals surface area (Å²) in [5, 5.41) is 6.47. The lowest BCUT2D eigenvalue weighted by molar-refractivity contribution is -0.122. The highest BCUT2D eigenvalue weighted by Gasteiger charge is 2.14. The van der Waals surface area contributed by atoms with Gasteiger partial charge in [-0.15, -0.1) is 0 Å². The molecule has 1 amide bonds. The average Bonchev–Trinajstić information content (AvgIpc) is 2.46. The quantitative estimate of drug-likeness (QED) is 0.566. The van der Waals surface area contributed by atoms with Crippen LogP contribution in [0.3, 0.4) is 0 Å². The maximum atomic E-state index is 11.8. The highest BCUT2D eigenvalue weighted by atomic mass is 16.1. The van der Waals surface area contributed by atoms with Crippen LogP contribution in [0.5, 0.6) is 0 Å². The number of unbranched alkanes of at least 4 members (excludes halogenated alkanes) is 8. The summed E-state index contributed by atoms with van der Waals surface area (Å²) in [6, 6.07) is 0.370. The third-order valence-electron chi connectivity index (χ3n) is 4.17. The van der Waals surface area contributed by atoms with Gasteiger partial charge in [-0.3, -0.25) is 4.79 Å². The molecule has 1 rings (SSSR count). The van der Waals surface area contributed by atoms with Crippen LogP contribution in [0.1, 0.15) is 84.0 Å². The first kappa shape index (κ1) is 17.5. The Morgan fingerprint density at radius 1 is 1.05 bits per heavy atom. The Balaban J connectivity index is 1.84. The first-order valence-corrected chi connectivity index (χ1v) is 8.83. The van der Waals surface area contributed by atoms with Crippen LogP contribution in [-0.2, 0) is 4.79 Å². The molecule has 0 spiro atoms. The Morgan fingerprint density at radius 2 is 1.70 bits per heavy atom. The van der Waals surface area contributed by atoms with E-state index in [-0.39, 0.29) is 5.91 Å². The van der Waals surface area contributed by atoms with Crippen molar-refractivity contribution in [3.05, 3.63) is 0 Å². The van der Waals surface area contributed by atoms with Gasteiger partial charge >= 0.3 is 0 Å². The molecule has 0 radical (unpaired) electrons. The summed E-state index contributed by atoms with van der Waals surface area (Å²) in [5.74, 6) is 0.252. The normalized spacial score (nSPS) is 18.9. The van der Waals surface area contributed by atoms with Gasteiger partial charge in [0, 0.05) is 19.0 Å². The van der Waals surface area contributed by atoms with Gasteiger partial charge in [-0.25, -0.2) is 0 Å². The molecule has 3 heteroatoms. The van der Waals surface area contributed by atoms with E-state index >= 15 is 0 Å². The Morgan fingerprint density at radius 3 is 2.30 bits per heavy atom. The fourth-order valence-electron chi connectivity index (χ4n) is 2.87. The van der Waals surface area contributed by atoms with E-state index in [1.807, 2.05) is 0 Å². The molecule has 118 valence electrons. The molecular weight excluding hydrogens is 248 g/mol. The Labute approximate surface area is 125 Å². The van der Waals surface area contributed by atoms with Gasteiger partial charge in [0.1, 0.15) is 0 Å². The van der Waals surface area contributed by atoms with Crippen molar-refractivity contribution in [3.8, 4) is 0 Å². The molecule has 0 aromatic rings. The van der Waals surface area contributed by atoms with E-state index in [1.165, 1.54) is 57.8 Å².